The van der Waals surface area contributed by atoms with Crippen molar-refractivity contribution in [3.05, 3.63) is 18.2 Å². The summed E-state index contributed by atoms with van der Waals surface area (Å²) in [5.41, 5.74) is 0.233. The van der Waals surface area contributed by atoms with Crippen molar-refractivity contribution < 1.29 is 14.0 Å². The lowest BCUT2D eigenvalue weighted by atomic mass is 9.86. The largest absolute Gasteiger partial charge is 0.496 e. The maximum absolute atomic E-state index is 14.3. The van der Waals surface area contributed by atoms with Gasteiger partial charge in [-0.25, -0.2) is 0 Å². The molecule has 0 N–H and O–H groups in total. The maximum atomic E-state index is 14.3. The number of unbranched alkanes of at least 4 members (excludes halogenated alkanes) is 3. The normalized spacial score (nSPS) is 15.3. The lowest BCUT2D eigenvalue weighted by Crippen LogP contribution is -2.21. The number of hydrogen-bond donors (Lipinski definition) is 0. The first-order chi connectivity index (χ1) is 12.2. The van der Waals surface area contributed by atoms with Gasteiger partial charge in [-0.05, 0) is 36.3 Å². The van der Waals surface area contributed by atoms with Crippen LogP contribution in [0.2, 0.25) is 0 Å². The molecule has 4 heteroatoms. The van der Waals surface area contributed by atoms with E-state index in [1.54, 1.807) is 14.2 Å². The van der Waals surface area contributed by atoms with Gasteiger partial charge in [-0.1, -0.05) is 59.9 Å². The smallest absolute Gasteiger partial charge is 0.133 e. The molecule has 0 fully saturated rings. The Morgan fingerprint density at radius 1 is 1.04 bits per heavy atom. The molecule has 150 valence electrons. The average molecular weight is 383 g/mol. The molecular formula is C22H39O3P. The zero-order chi connectivity index (χ0) is 19.8. The highest BCUT2D eigenvalue weighted by molar-refractivity contribution is 7.72. The van der Waals surface area contributed by atoms with E-state index >= 15 is 0 Å². The van der Waals surface area contributed by atoms with Gasteiger partial charge in [-0.15, -0.1) is 0 Å². The van der Waals surface area contributed by atoms with Crippen LogP contribution in [0.15, 0.2) is 18.2 Å². The van der Waals surface area contributed by atoms with Crippen molar-refractivity contribution >= 4 is 12.4 Å². The number of benzene rings is 1. The SMILES string of the molecule is CCCCCCP(=O)(CC(C)CC(C)(C)C)c1c(OC)cccc1OC. The molecule has 2 unspecified atom stereocenters. The molecule has 0 aromatic heterocycles. The second kappa shape index (κ2) is 10.4. The van der Waals surface area contributed by atoms with E-state index in [1.807, 2.05) is 18.2 Å². The quantitative estimate of drug-likeness (QED) is 0.331. The van der Waals surface area contributed by atoms with E-state index in [0.717, 1.165) is 30.7 Å². The van der Waals surface area contributed by atoms with Crippen LogP contribution in [0.3, 0.4) is 0 Å². The second-order valence-electron chi connectivity index (χ2n) is 8.74. The maximum Gasteiger partial charge on any atom is 0.133 e. The molecule has 0 radical (unpaired) electrons. The zero-order valence-electron chi connectivity index (χ0n) is 17.9. The molecule has 0 heterocycles. The van der Waals surface area contributed by atoms with Crippen LogP contribution in [0.4, 0.5) is 0 Å². The summed E-state index contributed by atoms with van der Waals surface area (Å²) in [7, 11) is 0.690. The van der Waals surface area contributed by atoms with E-state index in [-0.39, 0.29) is 5.41 Å². The van der Waals surface area contributed by atoms with Crippen LogP contribution in [-0.2, 0) is 4.57 Å². The molecule has 0 aliphatic rings. The number of ether oxygens (including phenoxy) is 2. The zero-order valence-corrected chi connectivity index (χ0v) is 18.8. The fourth-order valence-electron chi connectivity index (χ4n) is 3.94. The first kappa shape index (κ1) is 23.1. The Morgan fingerprint density at radius 3 is 2.08 bits per heavy atom. The van der Waals surface area contributed by atoms with Gasteiger partial charge in [0.25, 0.3) is 0 Å². The summed E-state index contributed by atoms with van der Waals surface area (Å²) in [5.74, 6) is 1.79. The van der Waals surface area contributed by atoms with Gasteiger partial charge in [-0.3, -0.25) is 0 Å². The number of methoxy groups -OCH3 is 2. The average Bonchev–Trinajstić information content (AvgIpc) is 2.56. The highest BCUT2D eigenvalue weighted by atomic mass is 31.2. The Balaban J connectivity index is 3.21. The van der Waals surface area contributed by atoms with E-state index in [4.69, 9.17) is 9.47 Å². The Morgan fingerprint density at radius 2 is 1.62 bits per heavy atom. The molecule has 0 saturated carbocycles. The van der Waals surface area contributed by atoms with Crippen molar-refractivity contribution in [1.82, 2.24) is 0 Å². The lowest BCUT2D eigenvalue weighted by Gasteiger charge is -2.29. The fraction of sp³-hybridized carbons (Fsp3) is 0.727. The van der Waals surface area contributed by atoms with Crippen molar-refractivity contribution in [2.45, 2.75) is 66.7 Å². The van der Waals surface area contributed by atoms with Crippen LogP contribution >= 0.6 is 7.14 Å². The third-order valence-corrected chi connectivity index (χ3v) is 8.26. The standard InChI is InChI=1S/C22H39O3P/c1-8-9-10-11-15-26(23,17-18(2)16-22(3,4)5)21-19(24-6)13-12-14-20(21)25-7/h12-14,18H,8-11,15-17H2,1-7H3. The molecule has 1 aromatic rings. The summed E-state index contributed by atoms with van der Waals surface area (Å²) in [6, 6.07) is 5.72. The van der Waals surface area contributed by atoms with E-state index in [0.29, 0.717) is 23.6 Å². The molecule has 1 aromatic carbocycles. The van der Waals surface area contributed by atoms with Gasteiger partial charge in [0, 0.05) is 12.3 Å². The Hall–Kier alpha value is -0.950. The molecule has 0 saturated heterocycles. The number of hydrogen-bond acceptors (Lipinski definition) is 3. The monoisotopic (exact) mass is 382 g/mol. The summed E-state index contributed by atoms with van der Waals surface area (Å²) < 4.78 is 25.5. The fourth-order valence-corrected chi connectivity index (χ4v) is 7.53. The summed E-state index contributed by atoms with van der Waals surface area (Å²) in [4.78, 5) is 0. The van der Waals surface area contributed by atoms with Crippen molar-refractivity contribution in [1.29, 1.82) is 0 Å². The van der Waals surface area contributed by atoms with E-state index in [1.165, 1.54) is 12.8 Å². The van der Waals surface area contributed by atoms with E-state index < -0.39 is 7.14 Å². The van der Waals surface area contributed by atoms with Gasteiger partial charge in [0.15, 0.2) is 0 Å². The van der Waals surface area contributed by atoms with E-state index in [9.17, 15) is 4.57 Å². The van der Waals surface area contributed by atoms with E-state index in [2.05, 4.69) is 34.6 Å². The van der Waals surface area contributed by atoms with Crippen molar-refractivity contribution in [2.24, 2.45) is 11.3 Å². The van der Waals surface area contributed by atoms with Gasteiger partial charge in [0.1, 0.15) is 18.6 Å². The first-order valence-corrected chi connectivity index (χ1v) is 12.0. The van der Waals surface area contributed by atoms with Gasteiger partial charge >= 0.3 is 0 Å². The third kappa shape index (κ3) is 6.99. The predicted octanol–water partition coefficient (Wildman–Crippen LogP) is 6.34. The van der Waals surface area contributed by atoms with Gasteiger partial charge in [0.2, 0.25) is 0 Å². The highest BCUT2D eigenvalue weighted by Crippen LogP contribution is 2.53. The summed E-state index contributed by atoms with van der Waals surface area (Å²) in [6.07, 6.45) is 7.01. The molecule has 0 bridgehead atoms. The van der Waals surface area contributed by atoms with Crippen LogP contribution in [-0.4, -0.2) is 26.5 Å². The summed E-state index contributed by atoms with van der Waals surface area (Å²) in [6.45, 7) is 11.2. The molecule has 26 heavy (non-hydrogen) atoms. The summed E-state index contributed by atoms with van der Waals surface area (Å²) >= 11 is 0. The molecular weight excluding hydrogens is 343 g/mol. The predicted molar refractivity (Wildman–Crippen MR) is 114 cm³/mol. The Kier molecular flexibility index (Phi) is 9.24. The molecule has 0 aliphatic heterocycles. The molecule has 2 atom stereocenters. The molecule has 0 aliphatic carbocycles. The first-order valence-electron chi connectivity index (χ1n) is 9.96. The minimum atomic E-state index is -2.61. The van der Waals surface area contributed by atoms with Gasteiger partial charge < -0.3 is 14.0 Å². The van der Waals surface area contributed by atoms with Gasteiger partial charge in [0.05, 0.1) is 19.5 Å². The lowest BCUT2D eigenvalue weighted by molar-refractivity contribution is 0.321. The minimum Gasteiger partial charge on any atom is -0.496 e. The molecule has 0 amide bonds. The number of rotatable bonds is 11. The Labute approximate surface area is 161 Å². The van der Waals surface area contributed by atoms with Crippen LogP contribution in [0.25, 0.3) is 0 Å². The topological polar surface area (TPSA) is 35.5 Å². The minimum absolute atomic E-state index is 0.233. The summed E-state index contributed by atoms with van der Waals surface area (Å²) in [5, 5.41) is 0.808. The van der Waals surface area contributed by atoms with Crippen molar-refractivity contribution in [3.63, 3.8) is 0 Å². The van der Waals surface area contributed by atoms with Crippen LogP contribution in [0.5, 0.6) is 11.5 Å². The molecule has 0 spiro atoms. The molecule has 1 rings (SSSR count). The Bertz CT molecular complexity index is 567. The van der Waals surface area contributed by atoms with Crippen molar-refractivity contribution in [2.75, 3.05) is 26.5 Å². The molecule has 3 nitrogen and oxygen atoms in total. The van der Waals surface area contributed by atoms with Crippen LogP contribution < -0.4 is 14.8 Å². The van der Waals surface area contributed by atoms with Gasteiger partial charge in [-0.2, -0.15) is 0 Å². The third-order valence-electron chi connectivity index (χ3n) is 4.75. The van der Waals surface area contributed by atoms with Crippen LogP contribution in [0, 0.1) is 11.3 Å². The van der Waals surface area contributed by atoms with Crippen molar-refractivity contribution in [3.8, 4) is 11.5 Å². The van der Waals surface area contributed by atoms with Crippen LogP contribution in [0.1, 0.15) is 66.7 Å². The highest BCUT2D eigenvalue weighted by Gasteiger charge is 2.34. The second-order valence-corrected chi connectivity index (χ2v) is 11.8.